The zero-order valence-electron chi connectivity index (χ0n) is 13.2. The van der Waals surface area contributed by atoms with Gasteiger partial charge in [0.25, 0.3) is 0 Å². The van der Waals surface area contributed by atoms with Crippen LogP contribution in [0.2, 0.25) is 0 Å². The maximum absolute atomic E-state index is 11.7. The summed E-state index contributed by atoms with van der Waals surface area (Å²) in [5, 5.41) is 9.60. The van der Waals surface area contributed by atoms with Gasteiger partial charge < -0.3 is 9.84 Å². The lowest BCUT2D eigenvalue weighted by molar-refractivity contribution is 0.0696. The Morgan fingerprint density at radius 3 is 2.54 bits per heavy atom. The Hall–Kier alpha value is -3.07. The standard InChI is InChI=1S/C21H16O3/c1-13-10-11-17-19(12-13)24-18-9-5-4-8-16(18)20(17)14-6-2-3-7-15(14)21(22)23/h2-13H,1H3,(H,22,23). The number of carboxylic acids is 1. The van der Waals surface area contributed by atoms with Gasteiger partial charge in [-0.3, -0.25) is 0 Å². The van der Waals surface area contributed by atoms with Gasteiger partial charge >= 0.3 is 5.97 Å². The van der Waals surface area contributed by atoms with E-state index in [4.69, 9.17) is 4.74 Å². The second-order valence-corrected chi connectivity index (χ2v) is 5.99. The summed E-state index contributed by atoms with van der Waals surface area (Å²) in [4.78, 5) is 11.7. The molecule has 24 heavy (non-hydrogen) atoms. The zero-order chi connectivity index (χ0) is 16.7. The van der Waals surface area contributed by atoms with E-state index in [1.807, 2.05) is 42.5 Å². The van der Waals surface area contributed by atoms with Gasteiger partial charge in [0.1, 0.15) is 11.5 Å². The predicted molar refractivity (Wildman–Crippen MR) is 92.9 cm³/mol. The minimum Gasteiger partial charge on any atom is -0.478 e. The average molecular weight is 316 g/mol. The zero-order valence-corrected chi connectivity index (χ0v) is 13.2. The van der Waals surface area contributed by atoms with Crippen molar-refractivity contribution in [2.45, 2.75) is 6.92 Å². The quantitative estimate of drug-likeness (QED) is 0.876. The number of hydrogen-bond acceptors (Lipinski definition) is 2. The molecule has 3 heteroatoms. The predicted octanol–water partition coefficient (Wildman–Crippen LogP) is 4.67. The van der Waals surface area contributed by atoms with Crippen molar-refractivity contribution in [1.82, 2.24) is 0 Å². The fraction of sp³-hybridized carbons (Fsp3) is 0.0952. The molecule has 0 saturated heterocycles. The summed E-state index contributed by atoms with van der Waals surface area (Å²) in [6.07, 6.45) is 6.19. The van der Waals surface area contributed by atoms with Gasteiger partial charge in [0, 0.05) is 16.7 Å². The van der Waals surface area contributed by atoms with E-state index in [9.17, 15) is 9.90 Å². The largest absolute Gasteiger partial charge is 0.478 e. The van der Waals surface area contributed by atoms with Crippen LogP contribution in [0, 0.1) is 5.92 Å². The van der Waals surface area contributed by atoms with Crippen molar-refractivity contribution in [2.75, 3.05) is 0 Å². The molecule has 2 aromatic rings. The second-order valence-electron chi connectivity index (χ2n) is 5.99. The Morgan fingerprint density at radius 1 is 1.04 bits per heavy atom. The van der Waals surface area contributed by atoms with Crippen LogP contribution in [0.5, 0.6) is 5.75 Å². The lowest BCUT2D eigenvalue weighted by Gasteiger charge is -2.28. The number of benzene rings is 2. The van der Waals surface area contributed by atoms with Gasteiger partial charge in [0.15, 0.2) is 0 Å². The highest BCUT2D eigenvalue weighted by atomic mass is 16.5. The first kappa shape index (κ1) is 14.5. The number of ether oxygens (including phenoxy) is 1. The summed E-state index contributed by atoms with van der Waals surface area (Å²) in [6.45, 7) is 2.09. The fourth-order valence-corrected chi connectivity index (χ4v) is 3.21. The number of allylic oxidation sites excluding steroid dienone is 3. The van der Waals surface area contributed by atoms with Crippen LogP contribution in [-0.2, 0) is 0 Å². The van der Waals surface area contributed by atoms with E-state index in [-0.39, 0.29) is 5.92 Å². The van der Waals surface area contributed by atoms with Gasteiger partial charge in [-0.25, -0.2) is 4.79 Å². The number of rotatable bonds is 2. The topological polar surface area (TPSA) is 46.5 Å². The van der Waals surface area contributed by atoms with Crippen molar-refractivity contribution in [3.63, 3.8) is 0 Å². The highest BCUT2D eigenvalue weighted by Gasteiger charge is 2.28. The summed E-state index contributed by atoms with van der Waals surface area (Å²) in [5.41, 5.74) is 3.76. The van der Waals surface area contributed by atoms with Crippen LogP contribution in [0.1, 0.15) is 28.4 Å². The Labute approximate surface area is 140 Å². The summed E-state index contributed by atoms with van der Waals surface area (Å²) in [5.74, 6) is 0.899. The van der Waals surface area contributed by atoms with E-state index >= 15 is 0 Å². The molecule has 1 aliphatic carbocycles. The highest BCUT2D eigenvalue weighted by molar-refractivity contribution is 6.00. The first-order valence-corrected chi connectivity index (χ1v) is 7.90. The molecule has 1 N–H and O–H groups in total. The Morgan fingerprint density at radius 2 is 1.75 bits per heavy atom. The molecule has 0 saturated carbocycles. The van der Waals surface area contributed by atoms with Crippen LogP contribution in [0.3, 0.4) is 0 Å². The van der Waals surface area contributed by atoms with E-state index < -0.39 is 5.97 Å². The second kappa shape index (κ2) is 5.53. The fourth-order valence-electron chi connectivity index (χ4n) is 3.21. The van der Waals surface area contributed by atoms with Crippen LogP contribution >= 0.6 is 0 Å². The molecule has 1 unspecified atom stereocenters. The molecular formula is C21H16O3. The minimum atomic E-state index is -0.929. The molecular weight excluding hydrogens is 300 g/mol. The number of carbonyl (C=O) groups is 1. The monoisotopic (exact) mass is 316 g/mol. The van der Waals surface area contributed by atoms with Crippen LogP contribution in [-0.4, -0.2) is 11.1 Å². The van der Waals surface area contributed by atoms with Crippen LogP contribution in [0.15, 0.2) is 78.1 Å². The molecule has 0 fully saturated rings. The van der Waals surface area contributed by atoms with Crippen LogP contribution in [0.25, 0.3) is 5.57 Å². The third-order valence-electron chi connectivity index (χ3n) is 4.32. The number of carboxylic acid groups (broad SMARTS) is 1. The number of para-hydroxylation sites is 1. The first-order valence-electron chi connectivity index (χ1n) is 7.90. The van der Waals surface area contributed by atoms with Crippen molar-refractivity contribution in [3.05, 3.63) is 94.8 Å². The Kier molecular flexibility index (Phi) is 3.35. The normalized spacial score (nSPS) is 18.4. The van der Waals surface area contributed by atoms with Gasteiger partial charge in [0.2, 0.25) is 0 Å². The van der Waals surface area contributed by atoms with Crippen LogP contribution in [0.4, 0.5) is 0 Å². The van der Waals surface area contributed by atoms with Crippen molar-refractivity contribution >= 4 is 11.5 Å². The van der Waals surface area contributed by atoms with E-state index in [0.717, 1.165) is 28.2 Å². The van der Waals surface area contributed by atoms with Gasteiger partial charge in [0.05, 0.1) is 5.56 Å². The molecule has 0 aromatic heterocycles. The maximum atomic E-state index is 11.7. The van der Waals surface area contributed by atoms with E-state index in [1.165, 1.54) is 0 Å². The molecule has 2 aliphatic rings. The number of fused-ring (bicyclic) bond motifs is 2. The molecule has 118 valence electrons. The number of aromatic carboxylic acids is 1. The molecule has 1 heterocycles. The average Bonchev–Trinajstić information content (AvgIpc) is 2.59. The SMILES string of the molecule is CC1C=CC2=C(c3ccccc3C(=O)O)c3ccccc3OC2=C1. The third kappa shape index (κ3) is 2.26. The van der Waals surface area contributed by atoms with Gasteiger partial charge in [-0.2, -0.15) is 0 Å². The Balaban J connectivity index is 2.05. The van der Waals surface area contributed by atoms with E-state index in [0.29, 0.717) is 11.1 Å². The molecule has 0 bridgehead atoms. The van der Waals surface area contributed by atoms with Crippen molar-refractivity contribution < 1.29 is 14.6 Å². The van der Waals surface area contributed by atoms with Gasteiger partial charge in [-0.15, -0.1) is 0 Å². The molecule has 0 amide bonds. The first-order chi connectivity index (χ1) is 11.6. The maximum Gasteiger partial charge on any atom is 0.336 e. The molecule has 0 spiro atoms. The smallest absolute Gasteiger partial charge is 0.336 e. The molecule has 1 atom stereocenters. The van der Waals surface area contributed by atoms with Crippen molar-refractivity contribution in [3.8, 4) is 5.75 Å². The summed E-state index contributed by atoms with van der Waals surface area (Å²) in [7, 11) is 0. The lowest BCUT2D eigenvalue weighted by atomic mass is 9.84. The van der Waals surface area contributed by atoms with Crippen LogP contribution < -0.4 is 4.74 Å². The molecule has 3 nitrogen and oxygen atoms in total. The summed E-state index contributed by atoms with van der Waals surface area (Å²) in [6, 6.07) is 14.9. The molecule has 0 radical (unpaired) electrons. The third-order valence-corrected chi connectivity index (χ3v) is 4.32. The molecule has 1 aliphatic heterocycles. The van der Waals surface area contributed by atoms with E-state index in [1.54, 1.807) is 12.1 Å². The van der Waals surface area contributed by atoms with Gasteiger partial charge in [-0.1, -0.05) is 55.5 Å². The van der Waals surface area contributed by atoms with Crippen molar-refractivity contribution in [1.29, 1.82) is 0 Å². The lowest BCUT2D eigenvalue weighted by Crippen LogP contribution is -2.14. The van der Waals surface area contributed by atoms with Gasteiger partial charge in [-0.05, 0) is 29.7 Å². The van der Waals surface area contributed by atoms with E-state index in [2.05, 4.69) is 19.1 Å². The number of hydrogen-bond donors (Lipinski definition) is 1. The van der Waals surface area contributed by atoms with Crippen molar-refractivity contribution in [2.24, 2.45) is 5.92 Å². The molecule has 2 aromatic carbocycles. The summed E-state index contributed by atoms with van der Waals surface area (Å²) >= 11 is 0. The summed E-state index contributed by atoms with van der Waals surface area (Å²) < 4.78 is 6.06. The Bertz CT molecular complexity index is 932. The highest BCUT2D eigenvalue weighted by Crippen LogP contribution is 2.44. The molecule has 4 rings (SSSR count). The minimum absolute atomic E-state index is 0.282.